The Balaban J connectivity index is 0.771. The Bertz CT molecular complexity index is 2650. The van der Waals surface area contributed by atoms with Crippen molar-refractivity contribution in [2.24, 2.45) is 16.0 Å². The number of azo groups is 1. The zero-order valence-corrected chi connectivity index (χ0v) is 44.5. The maximum absolute atomic E-state index is 13.1. The van der Waals surface area contributed by atoms with Crippen molar-refractivity contribution in [3.05, 3.63) is 120 Å². The molecule has 4 aromatic carbocycles. The summed E-state index contributed by atoms with van der Waals surface area (Å²) in [5.74, 6) is -0.171. The Morgan fingerprint density at radius 2 is 1.27 bits per heavy atom. The Hall–Kier alpha value is -7.27. The third kappa shape index (κ3) is 23.7. The molecule has 7 N–H and O–H groups in total. The molecule has 0 atom stereocenters. The van der Waals surface area contributed by atoms with Gasteiger partial charge < -0.3 is 64.5 Å². The molecule has 0 aliphatic carbocycles. The van der Waals surface area contributed by atoms with E-state index in [0.717, 1.165) is 35.9 Å². The van der Waals surface area contributed by atoms with E-state index in [2.05, 4.69) is 43.1 Å². The fourth-order valence-corrected chi connectivity index (χ4v) is 7.24. The number of carbonyl (C=O) groups excluding carboxylic acids is 4. The number of aromatic nitrogens is 2. The molecular formula is C56H75N9O12. The Morgan fingerprint density at radius 3 is 1.94 bits per heavy atom. The van der Waals surface area contributed by atoms with Gasteiger partial charge in [-0.05, 0) is 118 Å². The van der Waals surface area contributed by atoms with E-state index in [1.807, 2.05) is 28.8 Å². The monoisotopic (exact) mass is 1070 g/mol. The summed E-state index contributed by atoms with van der Waals surface area (Å²) < 4.78 is 40.5. The maximum atomic E-state index is 13.1. The van der Waals surface area contributed by atoms with Gasteiger partial charge in [0.05, 0.1) is 96.0 Å². The van der Waals surface area contributed by atoms with E-state index in [4.69, 9.17) is 38.9 Å². The minimum absolute atomic E-state index is 0.0355. The van der Waals surface area contributed by atoms with Crippen LogP contribution in [0.25, 0.3) is 16.7 Å². The fourth-order valence-electron chi connectivity index (χ4n) is 7.24. The normalized spacial score (nSPS) is 11.5. The van der Waals surface area contributed by atoms with Crippen molar-refractivity contribution >= 4 is 57.9 Å². The van der Waals surface area contributed by atoms with Crippen LogP contribution in [0.3, 0.4) is 0 Å². The summed E-state index contributed by atoms with van der Waals surface area (Å²) in [7, 11) is 0. The van der Waals surface area contributed by atoms with Crippen LogP contribution in [0.5, 0.6) is 5.75 Å². The smallest absolute Gasteiger partial charge is 0.407 e. The van der Waals surface area contributed by atoms with Gasteiger partial charge in [0.1, 0.15) is 17.0 Å². The molecule has 4 amide bonds. The van der Waals surface area contributed by atoms with Crippen molar-refractivity contribution < 1.29 is 57.4 Å². The van der Waals surface area contributed by atoms with Crippen LogP contribution in [0.4, 0.5) is 22.1 Å². The number of amides is 4. The second kappa shape index (κ2) is 33.7. The van der Waals surface area contributed by atoms with Gasteiger partial charge in [-0.25, -0.2) is 9.78 Å². The number of aryl methyl sites for hydroxylation is 1. The number of ether oxygens (including phenoxy) is 7. The highest BCUT2D eigenvalue weighted by molar-refractivity contribution is 6.04. The number of hydrogen-bond acceptors (Lipinski definition) is 16. The number of benzene rings is 4. The second-order valence-corrected chi connectivity index (χ2v) is 18.5. The van der Waals surface area contributed by atoms with E-state index in [1.165, 1.54) is 6.07 Å². The average Bonchev–Trinajstić information content (AvgIpc) is 3.76. The van der Waals surface area contributed by atoms with Crippen molar-refractivity contribution in [2.45, 2.75) is 65.0 Å². The first kappa shape index (κ1) is 60.6. The quantitative estimate of drug-likeness (QED) is 0.0167. The third-order valence-corrected chi connectivity index (χ3v) is 11.1. The fraction of sp³-hybridized carbons (Fsp3) is 0.446. The molecule has 416 valence electrons. The summed E-state index contributed by atoms with van der Waals surface area (Å²) in [6.45, 7) is 15.7. The Morgan fingerprint density at radius 1 is 0.636 bits per heavy atom. The van der Waals surface area contributed by atoms with E-state index < -0.39 is 11.7 Å². The van der Waals surface area contributed by atoms with Crippen LogP contribution in [-0.4, -0.2) is 143 Å². The van der Waals surface area contributed by atoms with E-state index in [1.54, 1.807) is 81.4 Å². The van der Waals surface area contributed by atoms with Gasteiger partial charge >= 0.3 is 6.09 Å². The van der Waals surface area contributed by atoms with Crippen molar-refractivity contribution in [1.29, 1.82) is 0 Å². The predicted molar refractivity (Wildman–Crippen MR) is 293 cm³/mol. The number of imidazole rings is 1. The van der Waals surface area contributed by atoms with Gasteiger partial charge in [0.15, 0.2) is 0 Å². The summed E-state index contributed by atoms with van der Waals surface area (Å²) in [6, 6.07) is 26.3. The molecule has 1 heterocycles. The Kier molecular flexibility index (Phi) is 26.5. The summed E-state index contributed by atoms with van der Waals surface area (Å²) in [5.41, 5.74) is 10.6. The van der Waals surface area contributed by atoms with Crippen LogP contribution in [-0.2, 0) is 50.9 Å². The number of phenols is 1. The maximum Gasteiger partial charge on any atom is 0.407 e. The largest absolute Gasteiger partial charge is 0.506 e. The molecule has 77 heavy (non-hydrogen) atoms. The average molecular weight is 1070 g/mol. The van der Waals surface area contributed by atoms with Gasteiger partial charge in [0.2, 0.25) is 11.9 Å². The number of para-hydroxylation sites is 2. The number of phenolic OH excluding ortho intramolecular Hbond substituents is 1. The minimum atomic E-state index is -0.585. The third-order valence-electron chi connectivity index (χ3n) is 11.1. The van der Waals surface area contributed by atoms with Crippen molar-refractivity contribution in [3.63, 3.8) is 0 Å². The number of carbonyl (C=O) groups is 4. The SMILES string of the molecule is C=C(N)c1cccc(C(=O)Nc2nc3ccccc3n2CCCCCNC(=O)CCOCCOCCOCCOCCOCCOCCNC(=O)c2ccc(N=Nc3cc(CCNC(=O)OC(C)(C)C)ccc3O)cc2)c1. The number of alkyl carbamates (subject to hydrolysis) is 1. The topological polar surface area (TPSA) is 270 Å². The van der Waals surface area contributed by atoms with Gasteiger partial charge in [-0.3, -0.25) is 19.7 Å². The number of nitrogens with one attached hydrogen (secondary N) is 4. The number of anilines is 1. The number of unbranched alkanes of at least 4 members (excludes halogenated alkanes) is 2. The molecule has 0 spiro atoms. The van der Waals surface area contributed by atoms with Crippen molar-refractivity contribution in [1.82, 2.24) is 25.5 Å². The zero-order chi connectivity index (χ0) is 55.1. The van der Waals surface area contributed by atoms with Crippen molar-refractivity contribution in [3.8, 4) is 5.75 Å². The second-order valence-electron chi connectivity index (χ2n) is 18.5. The molecule has 0 saturated heterocycles. The molecule has 1 aromatic heterocycles. The van der Waals surface area contributed by atoms with Crippen LogP contribution < -0.4 is 27.0 Å². The lowest BCUT2D eigenvalue weighted by atomic mass is 10.1. The molecule has 0 bridgehead atoms. The van der Waals surface area contributed by atoms with E-state index in [0.29, 0.717) is 146 Å². The zero-order valence-electron chi connectivity index (χ0n) is 44.5. The number of fused-ring (bicyclic) bond motifs is 1. The summed E-state index contributed by atoms with van der Waals surface area (Å²) in [4.78, 5) is 54.6. The molecule has 0 saturated carbocycles. The van der Waals surface area contributed by atoms with Crippen LogP contribution >= 0.6 is 0 Å². The highest BCUT2D eigenvalue weighted by Gasteiger charge is 2.17. The van der Waals surface area contributed by atoms with E-state index >= 15 is 0 Å². The number of rotatable bonds is 36. The number of hydrogen-bond donors (Lipinski definition) is 6. The molecule has 5 aromatic rings. The molecule has 0 aliphatic heterocycles. The van der Waals surface area contributed by atoms with Crippen molar-refractivity contribution in [2.75, 3.05) is 104 Å². The van der Waals surface area contributed by atoms with Crippen LogP contribution in [0.2, 0.25) is 0 Å². The minimum Gasteiger partial charge on any atom is -0.506 e. The van der Waals surface area contributed by atoms with Crippen LogP contribution in [0.1, 0.15) is 78.3 Å². The molecule has 21 nitrogen and oxygen atoms in total. The van der Waals surface area contributed by atoms with Gasteiger partial charge in [0, 0.05) is 49.4 Å². The first-order valence-corrected chi connectivity index (χ1v) is 25.9. The number of aromatic hydroxyl groups is 1. The summed E-state index contributed by atoms with van der Waals surface area (Å²) in [6.07, 6.45) is 2.79. The van der Waals surface area contributed by atoms with Crippen LogP contribution in [0, 0.1) is 0 Å². The van der Waals surface area contributed by atoms with Crippen LogP contribution in [0.15, 0.2) is 108 Å². The summed E-state index contributed by atoms with van der Waals surface area (Å²) >= 11 is 0. The summed E-state index contributed by atoms with van der Waals surface area (Å²) in [5, 5.41) is 30.0. The van der Waals surface area contributed by atoms with E-state index in [9.17, 15) is 24.3 Å². The molecule has 0 fully saturated rings. The van der Waals surface area contributed by atoms with Gasteiger partial charge in [-0.15, -0.1) is 5.11 Å². The van der Waals surface area contributed by atoms with Gasteiger partial charge in [-0.2, -0.15) is 5.11 Å². The lowest BCUT2D eigenvalue weighted by Crippen LogP contribution is -2.33. The molecular weight excluding hydrogens is 991 g/mol. The molecule has 0 unspecified atom stereocenters. The van der Waals surface area contributed by atoms with Gasteiger partial charge in [0.25, 0.3) is 11.8 Å². The number of nitrogens with zero attached hydrogens (tertiary/aromatic N) is 4. The standard InChI is InChI=1S/C56H75N9O12/c1-41(57)44-11-10-12-45(40-44)53(69)62-54-61-47-13-6-7-14-49(47)65(54)26-9-5-8-23-58-51(67)22-27-71-29-31-73-33-35-75-37-38-76-36-34-74-32-30-72-28-25-59-52(68)43-16-18-46(19-17-43)63-64-48-39-42(15-20-50(48)66)21-24-60-55(70)77-56(2,3)4/h6-7,10-20,39-40,66H,1,5,8-9,21-38,57H2,2-4H3,(H,58,67)(H,59,68)(H,60,70)(H,61,62,69). The lowest BCUT2D eigenvalue weighted by Gasteiger charge is -2.19. The molecule has 0 aliphatic rings. The predicted octanol–water partition coefficient (Wildman–Crippen LogP) is 7.61. The first-order chi connectivity index (χ1) is 37.3. The van der Waals surface area contributed by atoms with E-state index in [-0.39, 0.29) is 35.6 Å². The lowest BCUT2D eigenvalue weighted by molar-refractivity contribution is -0.122. The highest BCUT2D eigenvalue weighted by Crippen LogP contribution is 2.29. The highest BCUT2D eigenvalue weighted by atomic mass is 16.6. The first-order valence-electron chi connectivity index (χ1n) is 25.9. The van der Waals surface area contributed by atoms with Gasteiger partial charge in [-0.1, -0.05) is 36.9 Å². The Labute approximate surface area is 450 Å². The molecule has 21 heteroatoms. The molecule has 0 radical (unpaired) electrons. The molecule has 5 rings (SSSR count). The number of nitrogens with two attached hydrogens (primary N) is 1.